The minimum atomic E-state index is -0.517. The molecule has 1 saturated carbocycles. The van der Waals surface area contributed by atoms with Crippen LogP contribution in [0, 0.1) is 17.7 Å². The molecule has 1 aliphatic rings. The Morgan fingerprint density at radius 1 is 1.37 bits per heavy atom. The average Bonchev–Trinajstić information content (AvgIpc) is 2.86. The minimum Gasteiger partial charge on any atom is -0.352 e. The van der Waals surface area contributed by atoms with Crippen molar-refractivity contribution in [2.24, 2.45) is 11.8 Å². The van der Waals surface area contributed by atoms with Gasteiger partial charge in [0.2, 0.25) is 0 Å². The zero-order chi connectivity index (χ0) is 13.8. The van der Waals surface area contributed by atoms with Crippen molar-refractivity contribution in [1.29, 1.82) is 0 Å². The molecule has 1 aliphatic carbocycles. The largest absolute Gasteiger partial charge is 0.352 e. The first kappa shape index (κ1) is 14.6. The van der Waals surface area contributed by atoms with Crippen molar-refractivity contribution in [2.45, 2.75) is 19.3 Å². The van der Waals surface area contributed by atoms with Gasteiger partial charge in [-0.25, -0.2) is 4.39 Å². The van der Waals surface area contributed by atoms with Crippen LogP contribution in [0.25, 0.3) is 0 Å². The molecule has 1 N–H and O–H groups in total. The SMILES string of the molecule is O=C(NCC1CCCC1CCl)c1ccc(F)c(Cl)c1. The Morgan fingerprint density at radius 2 is 2.11 bits per heavy atom. The van der Waals surface area contributed by atoms with Crippen LogP contribution in [0.3, 0.4) is 0 Å². The lowest BCUT2D eigenvalue weighted by Crippen LogP contribution is -2.31. The molecule has 0 aliphatic heterocycles. The Balaban J connectivity index is 1.92. The summed E-state index contributed by atoms with van der Waals surface area (Å²) in [6.45, 7) is 0.616. The summed E-state index contributed by atoms with van der Waals surface area (Å²) in [5.41, 5.74) is 0.381. The van der Waals surface area contributed by atoms with Gasteiger partial charge in [0.1, 0.15) is 5.82 Å². The van der Waals surface area contributed by atoms with Gasteiger partial charge in [0.25, 0.3) is 5.91 Å². The van der Waals surface area contributed by atoms with Gasteiger partial charge in [-0.05, 0) is 42.9 Å². The summed E-state index contributed by atoms with van der Waals surface area (Å²) in [5.74, 6) is 0.831. The maximum Gasteiger partial charge on any atom is 0.251 e. The first-order valence-electron chi connectivity index (χ1n) is 6.41. The van der Waals surface area contributed by atoms with Gasteiger partial charge in [0, 0.05) is 18.0 Å². The molecule has 19 heavy (non-hydrogen) atoms. The summed E-state index contributed by atoms with van der Waals surface area (Å²) in [6.07, 6.45) is 3.40. The van der Waals surface area contributed by atoms with Gasteiger partial charge in [0.15, 0.2) is 0 Å². The molecule has 104 valence electrons. The lowest BCUT2D eigenvalue weighted by atomic mass is 9.98. The first-order chi connectivity index (χ1) is 9.11. The number of benzene rings is 1. The number of halogens is 3. The molecule has 1 fully saturated rings. The van der Waals surface area contributed by atoms with Gasteiger partial charge in [-0.15, -0.1) is 11.6 Å². The van der Waals surface area contributed by atoms with Crippen molar-refractivity contribution in [3.8, 4) is 0 Å². The van der Waals surface area contributed by atoms with E-state index in [1.165, 1.54) is 24.6 Å². The van der Waals surface area contributed by atoms with Gasteiger partial charge < -0.3 is 5.32 Å². The van der Waals surface area contributed by atoms with Gasteiger partial charge >= 0.3 is 0 Å². The van der Waals surface area contributed by atoms with E-state index in [1.807, 2.05) is 0 Å². The van der Waals surface area contributed by atoms with Crippen molar-refractivity contribution in [2.75, 3.05) is 12.4 Å². The van der Waals surface area contributed by atoms with Gasteiger partial charge in [-0.3, -0.25) is 4.79 Å². The third kappa shape index (κ3) is 3.61. The van der Waals surface area contributed by atoms with Crippen LogP contribution in [-0.4, -0.2) is 18.3 Å². The highest BCUT2D eigenvalue weighted by Gasteiger charge is 2.26. The molecule has 1 aromatic rings. The Labute approximate surface area is 122 Å². The number of carbonyl (C=O) groups excluding carboxylic acids is 1. The number of hydrogen-bond acceptors (Lipinski definition) is 1. The quantitative estimate of drug-likeness (QED) is 0.841. The van der Waals surface area contributed by atoms with Gasteiger partial charge in [-0.2, -0.15) is 0 Å². The number of rotatable bonds is 4. The third-order valence-corrected chi connectivity index (χ3v) is 4.41. The Kier molecular flexibility index (Phi) is 5.06. The molecule has 0 saturated heterocycles. The van der Waals surface area contributed by atoms with E-state index in [1.54, 1.807) is 0 Å². The van der Waals surface area contributed by atoms with E-state index < -0.39 is 5.82 Å². The molecule has 0 bridgehead atoms. The van der Waals surface area contributed by atoms with Crippen LogP contribution in [0.15, 0.2) is 18.2 Å². The summed E-state index contributed by atoms with van der Waals surface area (Å²) in [4.78, 5) is 11.9. The lowest BCUT2D eigenvalue weighted by molar-refractivity contribution is 0.0944. The summed E-state index contributed by atoms with van der Waals surface area (Å²) < 4.78 is 13.0. The van der Waals surface area contributed by atoms with E-state index in [4.69, 9.17) is 23.2 Å². The molecule has 2 rings (SSSR count). The summed E-state index contributed by atoms with van der Waals surface area (Å²) >= 11 is 11.6. The Bertz CT molecular complexity index is 467. The molecule has 1 amide bonds. The van der Waals surface area contributed by atoms with Crippen molar-refractivity contribution >= 4 is 29.1 Å². The van der Waals surface area contributed by atoms with E-state index in [0.717, 1.165) is 12.8 Å². The number of nitrogens with one attached hydrogen (secondary N) is 1. The molecule has 5 heteroatoms. The molecule has 0 aromatic heterocycles. The highest BCUT2D eigenvalue weighted by molar-refractivity contribution is 6.31. The maximum absolute atomic E-state index is 13.0. The van der Waals surface area contributed by atoms with Crippen molar-refractivity contribution < 1.29 is 9.18 Å². The van der Waals surface area contributed by atoms with Crippen molar-refractivity contribution in [1.82, 2.24) is 5.32 Å². The molecular formula is C14H16Cl2FNO. The zero-order valence-corrected chi connectivity index (χ0v) is 12.0. The van der Waals surface area contributed by atoms with Crippen LogP contribution >= 0.6 is 23.2 Å². The van der Waals surface area contributed by atoms with Crippen LogP contribution < -0.4 is 5.32 Å². The predicted molar refractivity (Wildman–Crippen MR) is 75.3 cm³/mol. The summed E-state index contributed by atoms with van der Waals surface area (Å²) in [7, 11) is 0. The number of hydrogen-bond donors (Lipinski definition) is 1. The van der Waals surface area contributed by atoms with E-state index in [2.05, 4.69) is 5.32 Å². The number of alkyl halides is 1. The molecule has 2 unspecified atom stereocenters. The van der Waals surface area contributed by atoms with E-state index in [0.29, 0.717) is 29.8 Å². The van der Waals surface area contributed by atoms with Crippen molar-refractivity contribution in [3.05, 3.63) is 34.6 Å². The standard InChI is InChI=1S/C14H16Cl2FNO/c15-7-10-2-1-3-11(10)8-18-14(19)9-4-5-13(17)12(16)6-9/h4-6,10-11H,1-3,7-8H2,(H,18,19). The molecule has 0 heterocycles. The van der Waals surface area contributed by atoms with Gasteiger partial charge in [-0.1, -0.05) is 18.0 Å². The second-order valence-corrected chi connectivity index (χ2v) is 5.66. The van der Waals surface area contributed by atoms with Crippen LogP contribution in [0.1, 0.15) is 29.6 Å². The van der Waals surface area contributed by atoms with Crippen LogP contribution in [0.5, 0.6) is 0 Å². The predicted octanol–water partition coefficient (Wildman–Crippen LogP) is 3.86. The smallest absolute Gasteiger partial charge is 0.251 e. The lowest BCUT2D eigenvalue weighted by Gasteiger charge is -2.17. The highest BCUT2D eigenvalue weighted by Crippen LogP contribution is 2.32. The van der Waals surface area contributed by atoms with Crippen molar-refractivity contribution in [3.63, 3.8) is 0 Å². The molecule has 1 aromatic carbocycles. The van der Waals surface area contributed by atoms with E-state index in [-0.39, 0.29) is 10.9 Å². The number of amides is 1. The maximum atomic E-state index is 13.0. The first-order valence-corrected chi connectivity index (χ1v) is 7.32. The summed E-state index contributed by atoms with van der Waals surface area (Å²) in [6, 6.07) is 3.98. The molecule has 2 atom stereocenters. The Hall–Kier alpha value is -0.800. The monoisotopic (exact) mass is 303 g/mol. The molecule has 0 spiro atoms. The second-order valence-electron chi connectivity index (χ2n) is 4.94. The fourth-order valence-corrected chi connectivity index (χ4v) is 3.14. The van der Waals surface area contributed by atoms with E-state index >= 15 is 0 Å². The zero-order valence-electron chi connectivity index (χ0n) is 10.5. The van der Waals surface area contributed by atoms with Crippen LogP contribution in [0.2, 0.25) is 5.02 Å². The fraction of sp³-hybridized carbons (Fsp3) is 0.500. The normalized spacial score (nSPS) is 22.5. The van der Waals surface area contributed by atoms with E-state index in [9.17, 15) is 9.18 Å². The third-order valence-electron chi connectivity index (χ3n) is 3.72. The van der Waals surface area contributed by atoms with Crippen LogP contribution in [-0.2, 0) is 0 Å². The molecular weight excluding hydrogens is 288 g/mol. The van der Waals surface area contributed by atoms with Gasteiger partial charge in [0.05, 0.1) is 5.02 Å². The average molecular weight is 304 g/mol. The Morgan fingerprint density at radius 3 is 2.79 bits per heavy atom. The van der Waals surface area contributed by atoms with Crippen LogP contribution in [0.4, 0.5) is 4.39 Å². The highest BCUT2D eigenvalue weighted by atomic mass is 35.5. The second kappa shape index (κ2) is 6.58. The molecule has 2 nitrogen and oxygen atoms in total. The number of carbonyl (C=O) groups is 1. The topological polar surface area (TPSA) is 29.1 Å². The summed E-state index contributed by atoms with van der Waals surface area (Å²) in [5, 5.41) is 2.84. The minimum absolute atomic E-state index is 0.0350. The molecule has 0 radical (unpaired) electrons. The fourth-order valence-electron chi connectivity index (χ4n) is 2.55.